The van der Waals surface area contributed by atoms with Gasteiger partial charge in [-0.3, -0.25) is 4.68 Å². The molecule has 0 aliphatic heterocycles. The van der Waals surface area contributed by atoms with E-state index in [1.54, 1.807) is 0 Å². The van der Waals surface area contributed by atoms with Gasteiger partial charge in [-0.1, -0.05) is 6.92 Å². The van der Waals surface area contributed by atoms with Gasteiger partial charge in [0.2, 0.25) is 0 Å². The van der Waals surface area contributed by atoms with Crippen molar-refractivity contribution >= 4 is 0 Å². The average molecular weight is 231 g/mol. The Labute approximate surface area is 103 Å². The zero-order valence-electron chi connectivity index (χ0n) is 11.2. The van der Waals surface area contributed by atoms with E-state index >= 15 is 0 Å². The molecule has 3 atom stereocenters. The van der Waals surface area contributed by atoms with E-state index in [-0.39, 0.29) is 12.0 Å². The molecule has 0 radical (unpaired) electrons. The summed E-state index contributed by atoms with van der Waals surface area (Å²) in [5, 5.41) is 13.9. The Balaban J connectivity index is 2.36. The molecule has 1 aliphatic rings. The highest BCUT2D eigenvalue weighted by atomic mass is 15.3. The molecule has 1 heterocycles. The summed E-state index contributed by atoms with van der Waals surface area (Å²) < 4.78 is 2.11. The lowest BCUT2D eigenvalue weighted by Gasteiger charge is -2.31. The summed E-state index contributed by atoms with van der Waals surface area (Å²) in [5.74, 6) is 0.831. The van der Waals surface area contributed by atoms with E-state index in [0.717, 1.165) is 18.5 Å². The normalized spacial score (nSPS) is 29.0. The molecule has 0 aromatic carbocycles. The molecule has 0 N–H and O–H groups in total. The van der Waals surface area contributed by atoms with Gasteiger partial charge < -0.3 is 0 Å². The number of nitrogens with zero attached hydrogens (tertiary/aromatic N) is 3. The largest absolute Gasteiger partial charge is 0.265 e. The van der Waals surface area contributed by atoms with Gasteiger partial charge in [0.15, 0.2) is 0 Å². The quantitative estimate of drug-likeness (QED) is 0.744. The standard InChI is InChI=1S/C14H21N3/c1-9-5-6-13(8-15)14(7-9)17-12(4)10(2)11(3)16-17/h9,13-14H,5-7H2,1-4H3. The maximum Gasteiger partial charge on any atom is 0.0688 e. The molecule has 0 spiro atoms. The van der Waals surface area contributed by atoms with Crippen LogP contribution >= 0.6 is 0 Å². The lowest BCUT2D eigenvalue weighted by Crippen LogP contribution is -2.27. The molecule has 3 nitrogen and oxygen atoms in total. The topological polar surface area (TPSA) is 41.6 Å². The Morgan fingerprint density at radius 1 is 1.29 bits per heavy atom. The van der Waals surface area contributed by atoms with E-state index in [1.165, 1.54) is 17.7 Å². The van der Waals surface area contributed by atoms with E-state index in [1.807, 2.05) is 6.92 Å². The van der Waals surface area contributed by atoms with E-state index < -0.39 is 0 Å². The Bertz CT molecular complexity index is 453. The molecule has 3 heteroatoms. The minimum absolute atomic E-state index is 0.128. The molecule has 1 fully saturated rings. The zero-order chi connectivity index (χ0) is 12.6. The predicted molar refractivity (Wildman–Crippen MR) is 67.6 cm³/mol. The Morgan fingerprint density at radius 3 is 2.53 bits per heavy atom. The van der Waals surface area contributed by atoms with Crippen molar-refractivity contribution in [2.45, 2.75) is 53.0 Å². The second kappa shape index (κ2) is 4.52. The summed E-state index contributed by atoms with van der Waals surface area (Å²) in [6.07, 6.45) is 3.27. The molecular weight excluding hydrogens is 210 g/mol. The van der Waals surface area contributed by atoms with Crippen LogP contribution in [0.1, 0.15) is 49.2 Å². The molecule has 1 aromatic heterocycles. The first-order valence-corrected chi connectivity index (χ1v) is 6.46. The van der Waals surface area contributed by atoms with Crippen LogP contribution in [0.4, 0.5) is 0 Å². The van der Waals surface area contributed by atoms with Crippen LogP contribution in [0.15, 0.2) is 0 Å². The van der Waals surface area contributed by atoms with Crippen molar-refractivity contribution in [3.63, 3.8) is 0 Å². The highest BCUT2D eigenvalue weighted by Gasteiger charge is 2.31. The number of aryl methyl sites for hydroxylation is 1. The molecule has 0 bridgehead atoms. The first-order valence-electron chi connectivity index (χ1n) is 6.46. The number of aromatic nitrogens is 2. The van der Waals surface area contributed by atoms with E-state index in [4.69, 9.17) is 0 Å². The summed E-state index contributed by atoms with van der Waals surface area (Å²) in [4.78, 5) is 0. The van der Waals surface area contributed by atoms with Crippen LogP contribution in [-0.4, -0.2) is 9.78 Å². The predicted octanol–water partition coefficient (Wildman–Crippen LogP) is 3.31. The fraction of sp³-hybridized carbons (Fsp3) is 0.714. The molecule has 92 valence electrons. The van der Waals surface area contributed by atoms with Gasteiger partial charge in [0.05, 0.1) is 23.7 Å². The van der Waals surface area contributed by atoms with Crippen LogP contribution in [0.5, 0.6) is 0 Å². The SMILES string of the molecule is Cc1nn(C2CC(C)CCC2C#N)c(C)c1C. The average Bonchev–Trinajstić information content (AvgIpc) is 2.57. The van der Waals surface area contributed by atoms with Crippen LogP contribution in [0.2, 0.25) is 0 Å². The molecular formula is C14H21N3. The first-order chi connectivity index (χ1) is 8.04. The van der Waals surface area contributed by atoms with Crippen LogP contribution in [0.25, 0.3) is 0 Å². The molecule has 3 unspecified atom stereocenters. The van der Waals surface area contributed by atoms with Crippen LogP contribution in [0.3, 0.4) is 0 Å². The van der Waals surface area contributed by atoms with Gasteiger partial charge in [0.25, 0.3) is 0 Å². The molecule has 1 saturated carbocycles. The summed E-state index contributed by atoms with van der Waals surface area (Å²) in [5.41, 5.74) is 3.58. The van der Waals surface area contributed by atoms with Gasteiger partial charge in [0, 0.05) is 5.69 Å². The second-order valence-corrected chi connectivity index (χ2v) is 5.46. The van der Waals surface area contributed by atoms with Gasteiger partial charge in [-0.2, -0.15) is 10.4 Å². The van der Waals surface area contributed by atoms with Crippen molar-refractivity contribution in [2.75, 3.05) is 0 Å². The van der Waals surface area contributed by atoms with Gasteiger partial charge in [-0.15, -0.1) is 0 Å². The zero-order valence-corrected chi connectivity index (χ0v) is 11.2. The lowest BCUT2D eigenvalue weighted by molar-refractivity contribution is 0.215. The smallest absolute Gasteiger partial charge is 0.0688 e. The molecule has 1 aliphatic carbocycles. The van der Waals surface area contributed by atoms with E-state index in [9.17, 15) is 5.26 Å². The van der Waals surface area contributed by atoms with Crippen molar-refractivity contribution < 1.29 is 0 Å². The Kier molecular flexibility index (Phi) is 3.24. The van der Waals surface area contributed by atoms with Crippen molar-refractivity contribution in [3.8, 4) is 6.07 Å². The van der Waals surface area contributed by atoms with Crippen molar-refractivity contribution in [1.29, 1.82) is 5.26 Å². The summed E-state index contributed by atoms with van der Waals surface area (Å²) >= 11 is 0. The Morgan fingerprint density at radius 2 is 2.00 bits per heavy atom. The van der Waals surface area contributed by atoms with Crippen molar-refractivity contribution in [2.24, 2.45) is 11.8 Å². The molecule has 17 heavy (non-hydrogen) atoms. The fourth-order valence-electron chi connectivity index (χ4n) is 2.84. The summed E-state index contributed by atoms with van der Waals surface area (Å²) in [7, 11) is 0. The molecule has 0 saturated heterocycles. The number of hydrogen-bond donors (Lipinski definition) is 0. The second-order valence-electron chi connectivity index (χ2n) is 5.46. The number of nitriles is 1. The third-order valence-electron chi connectivity index (χ3n) is 4.25. The summed E-state index contributed by atoms with van der Waals surface area (Å²) in [6, 6.07) is 2.74. The van der Waals surface area contributed by atoms with Crippen LogP contribution in [-0.2, 0) is 0 Å². The van der Waals surface area contributed by atoms with Crippen LogP contribution < -0.4 is 0 Å². The Hall–Kier alpha value is -1.30. The third kappa shape index (κ3) is 2.09. The van der Waals surface area contributed by atoms with Crippen molar-refractivity contribution in [1.82, 2.24) is 9.78 Å². The number of hydrogen-bond acceptors (Lipinski definition) is 2. The van der Waals surface area contributed by atoms with Crippen LogP contribution in [0, 0.1) is 43.9 Å². The van der Waals surface area contributed by atoms with Crippen molar-refractivity contribution in [3.05, 3.63) is 17.0 Å². The maximum atomic E-state index is 9.28. The summed E-state index contributed by atoms with van der Waals surface area (Å²) in [6.45, 7) is 8.55. The van der Waals surface area contributed by atoms with Gasteiger partial charge >= 0.3 is 0 Å². The third-order valence-corrected chi connectivity index (χ3v) is 4.25. The molecule has 1 aromatic rings. The maximum absolute atomic E-state index is 9.28. The monoisotopic (exact) mass is 231 g/mol. The van der Waals surface area contributed by atoms with Gasteiger partial charge in [-0.25, -0.2) is 0 Å². The first kappa shape index (κ1) is 12.2. The number of rotatable bonds is 1. The highest BCUT2D eigenvalue weighted by Crippen LogP contribution is 2.37. The highest BCUT2D eigenvalue weighted by molar-refractivity contribution is 5.23. The lowest BCUT2D eigenvalue weighted by atomic mass is 9.80. The van der Waals surface area contributed by atoms with E-state index in [0.29, 0.717) is 5.92 Å². The molecule has 2 rings (SSSR count). The molecule has 0 amide bonds. The van der Waals surface area contributed by atoms with E-state index in [2.05, 4.69) is 36.6 Å². The fourth-order valence-corrected chi connectivity index (χ4v) is 2.84. The van der Waals surface area contributed by atoms with Gasteiger partial charge in [-0.05, 0) is 51.5 Å². The minimum atomic E-state index is 0.128. The minimum Gasteiger partial charge on any atom is -0.265 e. The van der Waals surface area contributed by atoms with Gasteiger partial charge in [0.1, 0.15) is 0 Å².